The van der Waals surface area contributed by atoms with Gasteiger partial charge in [0.2, 0.25) is 5.91 Å². The number of amides is 1. The minimum absolute atomic E-state index is 0.181. The fraction of sp³-hybridized carbons (Fsp3) is 0.889. The lowest BCUT2D eigenvalue weighted by molar-refractivity contribution is -0.156. The molecule has 1 saturated heterocycles. The Morgan fingerprint density at radius 2 is 2.07 bits per heavy atom. The van der Waals surface area contributed by atoms with Crippen molar-refractivity contribution in [2.24, 2.45) is 5.92 Å². The summed E-state index contributed by atoms with van der Waals surface area (Å²) in [5, 5.41) is 8.96. The molecular weight excluding hydrogens is 192 g/mol. The van der Waals surface area contributed by atoms with Crippen LogP contribution in [-0.4, -0.2) is 41.0 Å². The molecule has 1 heterocycles. The van der Waals surface area contributed by atoms with Crippen molar-refractivity contribution in [2.45, 2.75) is 31.3 Å². The molecule has 0 aromatic carbocycles. The number of hydrogen-bond donors (Lipinski definition) is 1. The molecular formula is C9H13F2NO2. The number of nitrogens with zero attached hydrogens (tertiary/aromatic N) is 1. The van der Waals surface area contributed by atoms with E-state index in [4.69, 9.17) is 5.11 Å². The van der Waals surface area contributed by atoms with Gasteiger partial charge >= 0.3 is 0 Å². The van der Waals surface area contributed by atoms with E-state index in [-0.39, 0.29) is 25.9 Å². The maximum absolute atomic E-state index is 13.2. The molecule has 1 amide bonds. The van der Waals surface area contributed by atoms with Crippen molar-refractivity contribution in [3.8, 4) is 0 Å². The van der Waals surface area contributed by atoms with Gasteiger partial charge in [-0.15, -0.1) is 0 Å². The molecule has 1 unspecified atom stereocenters. The van der Waals surface area contributed by atoms with E-state index in [1.54, 1.807) is 0 Å². The molecule has 5 heteroatoms. The summed E-state index contributed by atoms with van der Waals surface area (Å²) in [5.41, 5.74) is 0. The average Bonchev–Trinajstić information content (AvgIpc) is 2.38. The Morgan fingerprint density at radius 1 is 1.43 bits per heavy atom. The Bertz CT molecular complexity index is 251. The molecule has 80 valence electrons. The van der Waals surface area contributed by atoms with Crippen molar-refractivity contribution in [2.75, 3.05) is 13.1 Å². The SMILES string of the molecule is O=C(C1CCCC1(F)F)N1CC(O)C1. The van der Waals surface area contributed by atoms with E-state index < -0.39 is 23.9 Å². The first kappa shape index (κ1) is 9.83. The highest BCUT2D eigenvalue weighted by Crippen LogP contribution is 2.41. The summed E-state index contributed by atoms with van der Waals surface area (Å²) in [7, 11) is 0. The molecule has 0 radical (unpaired) electrons. The van der Waals surface area contributed by atoms with Crippen LogP contribution in [0.1, 0.15) is 19.3 Å². The summed E-state index contributed by atoms with van der Waals surface area (Å²) in [6.07, 6.45) is -0.00753. The number of likely N-dealkylation sites (tertiary alicyclic amines) is 1. The van der Waals surface area contributed by atoms with Crippen LogP contribution in [0.25, 0.3) is 0 Å². The van der Waals surface area contributed by atoms with E-state index >= 15 is 0 Å². The van der Waals surface area contributed by atoms with Gasteiger partial charge in [-0.1, -0.05) is 0 Å². The van der Waals surface area contributed by atoms with Crippen molar-refractivity contribution < 1.29 is 18.7 Å². The largest absolute Gasteiger partial charge is 0.389 e. The van der Waals surface area contributed by atoms with Crippen molar-refractivity contribution >= 4 is 5.91 Å². The number of halogens is 2. The Balaban J connectivity index is 1.98. The highest BCUT2D eigenvalue weighted by atomic mass is 19.3. The summed E-state index contributed by atoms with van der Waals surface area (Å²) < 4.78 is 26.3. The average molecular weight is 205 g/mol. The van der Waals surface area contributed by atoms with Gasteiger partial charge in [0, 0.05) is 19.5 Å². The molecule has 1 N–H and O–H groups in total. The fourth-order valence-electron chi connectivity index (χ4n) is 2.09. The first-order valence-electron chi connectivity index (χ1n) is 4.85. The predicted octanol–water partition coefficient (Wildman–Crippen LogP) is 0.625. The molecule has 1 saturated carbocycles. The summed E-state index contributed by atoms with van der Waals surface area (Å²) in [6, 6.07) is 0. The van der Waals surface area contributed by atoms with Crippen LogP contribution in [0.5, 0.6) is 0 Å². The van der Waals surface area contributed by atoms with E-state index in [2.05, 4.69) is 0 Å². The van der Waals surface area contributed by atoms with Crippen LogP contribution in [0.3, 0.4) is 0 Å². The van der Waals surface area contributed by atoms with Gasteiger partial charge in [-0.2, -0.15) is 0 Å². The fourth-order valence-corrected chi connectivity index (χ4v) is 2.09. The Kier molecular flexibility index (Phi) is 2.21. The number of hydrogen-bond acceptors (Lipinski definition) is 2. The van der Waals surface area contributed by atoms with Crippen molar-refractivity contribution in [1.82, 2.24) is 4.90 Å². The summed E-state index contributed by atoms with van der Waals surface area (Å²) >= 11 is 0. The van der Waals surface area contributed by atoms with E-state index in [1.165, 1.54) is 4.90 Å². The van der Waals surface area contributed by atoms with Crippen LogP contribution in [0.2, 0.25) is 0 Å². The third-order valence-corrected chi connectivity index (χ3v) is 2.98. The number of rotatable bonds is 1. The van der Waals surface area contributed by atoms with Crippen LogP contribution < -0.4 is 0 Å². The van der Waals surface area contributed by atoms with Gasteiger partial charge in [-0.05, 0) is 12.8 Å². The van der Waals surface area contributed by atoms with Crippen molar-refractivity contribution in [3.05, 3.63) is 0 Å². The molecule has 0 spiro atoms. The standard InChI is InChI=1S/C9H13F2NO2/c10-9(11)3-1-2-7(9)8(14)12-4-6(13)5-12/h6-7,13H,1-5H2. The molecule has 0 aromatic rings. The summed E-state index contributed by atoms with van der Waals surface area (Å²) in [4.78, 5) is 12.8. The normalized spacial score (nSPS) is 31.6. The second kappa shape index (κ2) is 3.15. The van der Waals surface area contributed by atoms with Gasteiger partial charge in [0.1, 0.15) is 5.92 Å². The highest BCUT2D eigenvalue weighted by Gasteiger charge is 2.50. The smallest absolute Gasteiger partial charge is 0.259 e. The third-order valence-electron chi connectivity index (χ3n) is 2.98. The van der Waals surface area contributed by atoms with Gasteiger partial charge in [-0.3, -0.25) is 4.79 Å². The molecule has 1 aliphatic carbocycles. The highest BCUT2D eigenvalue weighted by molar-refractivity contribution is 5.81. The van der Waals surface area contributed by atoms with E-state index in [9.17, 15) is 13.6 Å². The number of aliphatic hydroxyl groups is 1. The first-order valence-corrected chi connectivity index (χ1v) is 4.85. The molecule has 2 fully saturated rings. The van der Waals surface area contributed by atoms with Crippen LogP contribution >= 0.6 is 0 Å². The minimum Gasteiger partial charge on any atom is -0.389 e. The number of aliphatic hydroxyl groups excluding tert-OH is 1. The lowest BCUT2D eigenvalue weighted by Crippen LogP contribution is -2.56. The lowest BCUT2D eigenvalue weighted by atomic mass is 10.0. The second-order valence-electron chi connectivity index (χ2n) is 4.10. The number of alkyl halides is 2. The summed E-state index contributed by atoms with van der Waals surface area (Å²) in [5.74, 6) is -4.47. The van der Waals surface area contributed by atoms with Gasteiger partial charge in [0.05, 0.1) is 6.10 Å². The molecule has 0 aromatic heterocycles. The van der Waals surface area contributed by atoms with Crippen molar-refractivity contribution in [1.29, 1.82) is 0 Å². The zero-order valence-electron chi connectivity index (χ0n) is 7.75. The zero-order chi connectivity index (χ0) is 10.3. The third kappa shape index (κ3) is 1.49. The quantitative estimate of drug-likeness (QED) is 0.682. The maximum Gasteiger partial charge on any atom is 0.259 e. The lowest BCUT2D eigenvalue weighted by Gasteiger charge is -2.38. The number of carbonyl (C=O) groups excluding carboxylic acids is 1. The van der Waals surface area contributed by atoms with Gasteiger partial charge in [-0.25, -0.2) is 8.78 Å². The van der Waals surface area contributed by atoms with Crippen LogP contribution in [0, 0.1) is 5.92 Å². The monoisotopic (exact) mass is 205 g/mol. The predicted molar refractivity (Wildman–Crippen MR) is 44.9 cm³/mol. The second-order valence-corrected chi connectivity index (χ2v) is 4.10. The van der Waals surface area contributed by atoms with E-state index in [1.807, 2.05) is 0 Å². The molecule has 1 atom stereocenters. The van der Waals surface area contributed by atoms with Gasteiger partial charge < -0.3 is 10.0 Å². The number of β-amino-alcohol motifs (C(OH)–C–C–N with tert-alkyl or cyclic N) is 1. The molecule has 0 bridgehead atoms. The van der Waals surface area contributed by atoms with E-state index in [0.717, 1.165) is 0 Å². The Labute approximate surface area is 80.7 Å². The Morgan fingerprint density at radius 3 is 2.50 bits per heavy atom. The topological polar surface area (TPSA) is 40.5 Å². The van der Waals surface area contributed by atoms with Crippen LogP contribution in [0.4, 0.5) is 8.78 Å². The molecule has 3 nitrogen and oxygen atoms in total. The van der Waals surface area contributed by atoms with Crippen LogP contribution in [-0.2, 0) is 4.79 Å². The van der Waals surface area contributed by atoms with E-state index in [0.29, 0.717) is 6.42 Å². The van der Waals surface area contributed by atoms with Gasteiger partial charge in [0.15, 0.2) is 0 Å². The minimum atomic E-state index is -2.84. The molecule has 14 heavy (non-hydrogen) atoms. The van der Waals surface area contributed by atoms with Crippen LogP contribution in [0.15, 0.2) is 0 Å². The molecule has 1 aliphatic heterocycles. The van der Waals surface area contributed by atoms with Crippen molar-refractivity contribution in [3.63, 3.8) is 0 Å². The Hall–Kier alpha value is -0.710. The summed E-state index contributed by atoms with van der Waals surface area (Å²) in [6.45, 7) is 0.427. The maximum atomic E-state index is 13.2. The first-order chi connectivity index (χ1) is 6.50. The van der Waals surface area contributed by atoms with Gasteiger partial charge in [0.25, 0.3) is 5.92 Å². The zero-order valence-corrected chi connectivity index (χ0v) is 7.75. The molecule has 2 aliphatic rings. The number of carbonyl (C=O) groups is 1. The molecule has 2 rings (SSSR count).